The smallest absolute Gasteiger partial charge is 0.191 e. The molecule has 0 aromatic carbocycles. The summed E-state index contributed by atoms with van der Waals surface area (Å²) in [6, 6.07) is 0. The van der Waals surface area contributed by atoms with Crippen molar-refractivity contribution in [3.8, 4) is 0 Å². The Morgan fingerprint density at radius 1 is 1.19 bits per heavy atom. The maximum Gasteiger partial charge on any atom is 0.191 e. The van der Waals surface area contributed by atoms with E-state index in [4.69, 9.17) is 9.53 Å². The van der Waals surface area contributed by atoms with Crippen LogP contribution < -0.4 is 0 Å². The van der Waals surface area contributed by atoms with E-state index in [9.17, 15) is 0 Å². The Labute approximate surface area is 133 Å². The fourth-order valence-electron chi connectivity index (χ4n) is 1.82. The van der Waals surface area contributed by atoms with Crippen LogP contribution in [0.5, 0.6) is 0 Å². The standard InChI is InChI=1S/C18H36O2Si/c1-7-17(14-12-15-19)13-10-8-9-11-16-20-21(5,6)18(2,3)4/h7-8,10,17,19H,1,9,11-16H2,2-6H3/b10-8+. The lowest BCUT2D eigenvalue weighted by molar-refractivity contribution is 0.277. The van der Waals surface area contributed by atoms with E-state index < -0.39 is 8.32 Å². The number of rotatable bonds is 11. The average Bonchev–Trinajstić information content (AvgIpc) is 2.39. The van der Waals surface area contributed by atoms with E-state index in [0.29, 0.717) is 11.0 Å². The third-order valence-corrected chi connectivity index (χ3v) is 8.99. The van der Waals surface area contributed by atoms with E-state index in [1.807, 2.05) is 6.08 Å². The predicted octanol–water partition coefficient (Wildman–Crippen LogP) is 5.31. The minimum atomic E-state index is -1.57. The van der Waals surface area contributed by atoms with Gasteiger partial charge in [0.15, 0.2) is 8.32 Å². The molecule has 0 aliphatic heterocycles. The summed E-state index contributed by atoms with van der Waals surface area (Å²) in [7, 11) is -1.57. The average molecular weight is 313 g/mol. The molecule has 2 nitrogen and oxygen atoms in total. The van der Waals surface area contributed by atoms with Gasteiger partial charge in [0.25, 0.3) is 0 Å². The van der Waals surface area contributed by atoms with Gasteiger partial charge in [0, 0.05) is 13.2 Å². The SMILES string of the molecule is C=CC(C/C=C/CCCO[Si](C)(C)C(C)(C)C)CCCO. The molecule has 124 valence electrons. The molecule has 0 aliphatic rings. The number of hydrogen-bond acceptors (Lipinski definition) is 2. The molecule has 1 unspecified atom stereocenters. The lowest BCUT2D eigenvalue weighted by atomic mass is 9.99. The Morgan fingerprint density at radius 2 is 1.86 bits per heavy atom. The first-order chi connectivity index (χ1) is 9.74. The molecular weight excluding hydrogens is 276 g/mol. The Balaban J connectivity index is 3.80. The number of unbranched alkanes of at least 4 members (excludes halogenated alkanes) is 1. The van der Waals surface area contributed by atoms with Gasteiger partial charge in [0.05, 0.1) is 0 Å². The Bertz CT molecular complexity index is 303. The summed E-state index contributed by atoms with van der Waals surface area (Å²) < 4.78 is 6.16. The van der Waals surface area contributed by atoms with Crippen LogP contribution in [0.3, 0.4) is 0 Å². The minimum Gasteiger partial charge on any atom is -0.417 e. The molecule has 21 heavy (non-hydrogen) atoms. The van der Waals surface area contributed by atoms with Crippen molar-refractivity contribution in [2.45, 2.75) is 71.0 Å². The van der Waals surface area contributed by atoms with Gasteiger partial charge in [-0.3, -0.25) is 0 Å². The van der Waals surface area contributed by atoms with Crippen molar-refractivity contribution in [1.82, 2.24) is 0 Å². The first kappa shape index (κ1) is 20.6. The van der Waals surface area contributed by atoms with Crippen LogP contribution in [-0.4, -0.2) is 26.6 Å². The molecule has 0 saturated carbocycles. The molecular formula is C18H36O2Si. The van der Waals surface area contributed by atoms with Crippen LogP contribution in [-0.2, 0) is 4.43 Å². The van der Waals surface area contributed by atoms with Crippen LogP contribution in [0, 0.1) is 5.92 Å². The lowest BCUT2D eigenvalue weighted by Gasteiger charge is -2.36. The van der Waals surface area contributed by atoms with Gasteiger partial charge in [-0.05, 0) is 56.2 Å². The van der Waals surface area contributed by atoms with Crippen LogP contribution >= 0.6 is 0 Å². The van der Waals surface area contributed by atoms with Gasteiger partial charge < -0.3 is 9.53 Å². The number of allylic oxidation sites excluding steroid dienone is 3. The van der Waals surface area contributed by atoms with Crippen molar-refractivity contribution in [2.24, 2.45) is 5.92 Å². The monoisotopic (exact) mass is 312 g/mol. The normalized spacial score (nSPS) is 14.6. The molecule has 0 aromatic heterocycles. The number of hydrogen-bond donors (Lipinski definition) is 1. The van der Waals surface area contributed by atoms with Crippen molar-refractivity contribution in [3.63, 3.8) is 0 Å². The highest BCUT2D eigenvalue weighted by Gasteiger charge is 2.36. The summed E-state index contributed by atoms with van der Waals surface area (Å²) in [5.41, 5.74) is 0. The van der Waals surface area contributed by atoms with Crippen LogP contribution in [0.25, 0.3) is 0 Å². The van der Waals surface area contributed by atoms with Crippen LogP contribution in [0.4, 0.5) is 0 Å². The fraction of sp³-hybridized carbons (Fsp3) is 0.778. The first-order valence-electron chi connectivity index (χ1n) is 8.27. The van der Waals surface area contributed by atoms with Crippen molar-refractivity contribution >= 4 is 8.32 Å². The fourth-order valence-corrected chi connectivity index (χ4v) is 2.91. The lowest BCUT2D eigenvalue weighted by Crippen LogP contribution is -2.40. The maximum absolute atomic E-state index is 8.84. The van der Waals surface area contributed by atoms with E-state index in [-0.39, 0.29) is 6.61 Å². The molecule has 0 aromatic rings. The molecule has 0 bridgehead atoms. The minimum absolute atomic E-state index is 0.277. The van der Waals surface area contributed by atoms with Gasteiger partial charge >= 0.3 is 0 Å². The summed E-state index contributed by atoms with van der Waals surface area (Å²) in [6.45, 7) is 16.5. The van der Waals surface area contributed by atoms with Crippen LogP contribution in [0.15, 0.2) is 24.8 Å². The van der Waals surface area contributed by atoms with Gasteiger partial charge in [0.1, 0.15) is 0 Å². The van der Waals surface area contributed by atoms with Gasteiger partial charge in [0.2, 0.25) is 0 Å². The summed E-state index contributed by atoms with van der Waals surface area (Å²) >= 11 is 0. The van der Waals surface area contributed by atoms with E-state index in [1.165, 1.54) is 0 Å². The highest BCUT2D eigenvalue weighted by atomic mass is 28.4. The van der Waals surface area contributed by atoms with E-state index in [2.05, 4.69) is 52.6 Å². The Morgan fingerprint density at radius 3 is 2.38 bits per heavy atom. The van der Waals surface area contributed by atoms with Crippen molar-refractivity contribution in [1.29, 1.82) is 0 Å². The first-order valence-corrected chi connectivity index (χ1v) is 11.2. The molecule has 0 fully saturated rings. The molecule has 1 N–H and O–H groups in total. The van der Waals surface area contributed by atoms with Gasteiger partial charge in [-0.15, -0.1) is 6.58 Å². The third-order valence-electron chi connectivity index (χ3n) is 4.46. The van der Waals surface area contributed by atoms with Gasteiger partial charge in [-0.1, -0.05) is 39.0 Å². The van der Waals surface area contributed by atoms with Gasteiger partial charge in [-0.2, -0.15) is 0 Å². The number of aliphatic hydroxyl groups excluding tert-OH is 1. The highest BCUT2D eigenvalue weighted by Crippen LogP contribution is 2.36. The maximum atomic E-state index is 8.84. The molecule has 0 spiro atoms. The topological polar surface area (TPSA) is 29.5 Å². The highest BCUT2D eigenvalue weighted by molar-refractivity contribution is 6.74. The largest absolute Gasteiger partial charge is 0.417 e. The summed E-state index contributed by atoms with van der Waals surface area (Å²) in [4.78, 5) is 0. The second-order valence-corrected chi connectivity index (χ2v) is 12.1. The van der Waals surface area contributed by atoms with Crippen molar-refractivity contribution in [2.75, 3.05) is 13.2 Å². The number of aliphatic hydroxyl groups is 1. The zero-order valence-corrected chi connectivity index (χ0v) is 15.8. The molecule has 0 saturated heterocycles. The molecule has 3 heteroatoms. The second-order valence-electron chi connectivity index (χ2n) is 7.32. The van der Waals surface area contributed by atoms with Crippen LogP contribution in [0.2, 0.25) is 18.1 Å². The van der Waals surface area contributed by atoms with Crippen molar-refractivity contribution in [3.05, 3.63) is 24.8 Å². The van der Waals surface area contributed by atoms with E-state index in [1.54, 1.807) is 0 Å². The Kier molecular flexibility index (Phi) is 10.2. The van der Waals surface area contributed by atoms with Crippen molar-refractivity contribution < 1.29 is 9.53 Å². The summed E-state index contributed by atoms with van der Waals surface area (Å²) in [5, 5.41) is 9.14. The summed E-state index contributed by atoms with van der Waals surface area (Å²) in [6.07, 6.45) is 11.6. The van der Waals surface area contributed by atoms with Gasteiger partial charge in [-0.25, -0.2) is 0 Å². The Hall–Kier alpha value is -0.383. The second kappa shape index (κ2) is 10.4. The van der Waals surface area contributed by atoms with E-state index in [0.717, 1.165) is 38.7 Å². The zero-order chi connectivity index (χ0) is 16.4. The predicted molar refractivity (Wildman–Crippen MR) is 96.1 cm³/mol. The molecule has 1 atom stereocenters. The molecule has 0 aliphatic carbocycles. The quantitative estimate of drug-likeness (QED) is 0.318. The molecule has 0 radical (unpaired) electrons. The van der Waals surface area contributed by atoms with Crippen LogP contribution in [0.1, 0.15) is 52.9 Å². The third kappa shape index (κ3) is 9.28. The zero-order valence-electron chi connectivity index (χ0n) is 14.8. The molecule has 0 heterocycles. The van der Waals surface area contributed by atoms with E-state index >= 15 is 0 Å². The molecule has 0 amide bonds. The molecule has 0 rings (SSSR count). The summed E-state index contributed by atoms with van der Waals surface area (Å²) in [5.74, 6) is 0.497.